The molecule has 0 aromatic heterocycles. The molecule has 1 heterocycles. The second kappa shape index (κ2) is 6.23. The Labute approximate surface area is 135 Å². The predicted molar refractivity (Wildman–Crippen MR) is 81.5 cm³/mol. The third-order valence-corrected chi connectivity index (χ3v) is 3.57. The van der Waals surface area contributed by atoms with E-state index < -0.39 is 28.9 Å². The lowest BCUT2D eigenvalue weighted by atomic mass is 10.1. The van der Waals surface area contributed by atoms with Crippen LogP contribution in [0.15, 0.2) is 36.4 Å². The van der Waals surface area contributed by atoms with Crippen molar-refractivity contribution in [1.29, 1.82) is 0 Å². The smallest absolute Gasteiger partial charge is 0.321 e. The van der Waals surface area contributed by atoms with E-state index in [9.17, 15) is 22.8 Å². The predicted octanol–water partition coefficient (Wildman–Crippen LogP) is 2.89. The number of anilines is 2. The lowest BCUT2D eigenvalue weighted by molar-refractivity contribution is 0.102. The molecule has 0 spiro atoms. The van der Waals surface area contributed by atoms with Crippen molar-refractivity contribution in [3.8, 4) is 0 Å². The maximum absolute atomic E-state index is 13.6. The summed E-state index contributed by atoms with van der Waals surface area (Å²) in [4.78, 5) is 25.1. The largest absolute Gasteiger partial charge is 0.336 e. The molecule has 1 aliphatic heterocycles. The van der Waals surface area contributed by atoms with Gasteiger partial charge in [0, 0.05) is 24.5 Å². The average molecular weight is 335 g/mol. The van der Waals surface area contributed by atoms with Crippen LogP contribution in [0.1, 0.15) is 10.4 Å². The zero-order valence-electron chi connectivity index (χ0n) is 12.3. The van der Waals surface area contributed by atoms with Crippen molar-refractivity contribution in [2.24, 2.45) is 0 Å². The van der Waals surface area contributed by atoms with E-state index in [2.05, 4.69) is 10.6 Å². The fourth-order valence-electron chi connectivity index (χ4n) is 2.34. The Hall–Kier alpha value is -3.03. The summed E-state index contributed by atoms with van der Waals surface area (Å²) in [5.74, 6) is -5.51. The number of hydrogen-bond acceptors (Lipinski definition) is 2. The minimum absolute atomic E-state index is 0.212. The number of carbonyl (C=O) groups excluding carboxylic acids is 2. The molecule has 5 nitrogen and oxygen atoms in total. The summed E-state index contributed by atoms with van der Waals surface area (Å²) in [5.41, 5.74) is 0.367. The zero-order valence-corrected chi connectivity index (χ0v) is 12.3. The van der Waals surface area contributed by atoms with Gasteiger partial charge < -0.3 is 10.6 Å². The Bertz CT molecular complexity index is 809. The van der Waals surface area contributed by atoms with E-state index in [1.165, 1.54) is 17.0 Å². The molecular formula is C16H12F3N3O2. The first-order valence-corrected chi connectivity index (χ1v) is 7.07. The van der Waals surface area contributed by atoms with Gasteiger partial charge in [-0.25, -0.2) is 18.0 Å². The number of nitrogens with zero attached hydrogens (tertiary/aromatic N) is 1. The monoisotopic (exact) mass is 335 g/mol. The van der Waals surface area contributed by atoms with Crippen LogP contribution >= 0.6 is 0 Å². The summed E-state index contributed by atoms with van der Waals surface area (Å²) in [6, 6.07) is 7.61. The number of carbonyl (C=O) groups is 2. The Kier molecular flexibility index (Phi) is 4.11. The molecular weight excluding hydrogens is 323 g/mol. The molecule has 2 aromatic carbocycles. The molecule has 0 bridgehead atoms. The zero-order chi connectivity index (χ0) is 17.3. The van der Waals surface area contributed by atoms with Crippen LogP contribution < -0.4 is 15.5 Å². The van der Waals surface area contributed by atoms with Crippen molar-refractivity contribution in [3.63, 3.8) is 0 Å². The van der Waals surface area contributed by atoms with Crippen molar-refractivity contribution in [3.05, 3.63) is 59.4 Å². The summed E-state index contributed by atoms with van der Waals surface area (Å²) in [6.07, 6.45) is 0. The van der Waals surface area contributed by atoms with E-state index in [1.54, 1.807) is 12.1 Å². The minimum atomic E-state index is -1.70. The first-order valence-electron chi connectivity index (χ1n) is 7.07. The molecule has 2 N–H and O–H groups in total. The molecule has 24 heavy (non-hydrogen) atoms. The van der Waals surface area contributed by atoms with Crippen molar-refractivity contribution >= 4 is 23.3 Å². The number of urea groups is 1. The molecule has 2 aromatic rings. The molecule has 1 fully saturated rings. The number of halogens is 3. The van der Waals surface area contributed by atoms with Gasteiger partial charge in [0.1, 0.15) is 0 Å². The second-order valence-electron chi connectivity index (χ2n) is 5.11. The second-order valence-corrected chi connectivity index (χ2v) is 5.11. The van der Waals surface area contributed by atoms with Gasteiger partial charge in [-0.3, -0.25) is 9.69 Å². The SMILES string of the molecule is O=C(Nc1ccc(N2CCNC2=O)cc1)c1ccc(F)c(F)c1F. The fourth-order valence-corrected chi connectivity index (χ4v) is 2.34. The number of nitrogens with one attached hydrogen (secondary N) is 2. The molecule has 0 saturated carbocycles. The highest BCUT2D eigenvalue weighted by Crippen LogP contribution is 2.21. The van der Waals surface area contributed by atoms with E-state index in [4.69, 9.17) is 0 Å². The Balaban J connectivity index is 1.75. The number of hydrogen-bond donors (Lipinski definition) is 2. The highest BCUT2D eigenvalue weighted by molar-refractivity contribution is 6.04. The van der Waals surface area contributed by atoms with E-state index in [0.717, 1.165) is 6.07 Å². The molecule has 0 radical (unpaired) electrons. The van der Waals surface area contributed by atoms with Gasteiger partial charge in [0.15, 0.2) is 17.5 Å². The van der Waals surface area contributed by atoms with Crippen LogP contribution in [-0.4, -0.2) is 25.0 Å². The van der Waals surface area contributed by atoms with Crippen molar-refractivity contribution < 1.29 is 22.8 Å². The highest BCUT2D eigenvalue weighted by atomic mass is 19.2. The lowest BCUT2D eigenvalue weighted by Gasteiger charge is -2.14. The van der Waals surface area contributed by atoms with Gasteiger partial charge in [-0.1, -0.05) is 0 Å². The highest BCUT2D eigenvalue weighted by Gasteiger charge is 2.21. The van der Waals surface area contributed by atoms with Crippen LogP contribution in [0, 0.1) is 17.5 Å². The molecule has 8 heteroatoms. The van der Waals surface area contributed by atoms with Crippen LogP contribution in [0.4, 0.5) is 29.3 Å². The number of benzene rings is 2. The standard InChI is InChI=1S/C16H12F3N3O2/c17-12-6-5-11(13(18)14(12)19)15(23)21-9-1-3-10(4-2-9)22-8-7-20-16(22)24/h1-6H,7-8H2,(H,20,24)(H,21,23). The van der Waals surface area contributed by atoms with Crippen LogP contribution in [0.3, 0.4) is 0 Å². The van der Waals surface area contributed by atoms with Crippen LogP contribution in [-0.2, 0) is 0 Å². The van der Waals surface area contributed by atoms with Crippen molar-refractivity contribution in [2.45, 2.75) is 0 Å². The molecule has 3 amide bonds. The summed E-state index contributed by atoms with van der Waals surface area (Å²) < 4.78 is 39.7. The van der Waals surface area contributed by atoms with Gasteiger partial charge in [0.25, 0.3) is 5.91 Å². The molecule has 124 valence electrons. The molecule has 3 rings (SSSR count). The van der Waals surface area contributed by atoms with Crippen molar-refractivity contribution in [2.75, 3.05) is 23.3 Å². The van der Waals surface area contributed by atoms with Crippen LogP contribution in [0.25, 0.3) is 0 Å². The van der Waals surface area contributed by atoms with Gasteiger partial charge in [0.2, 0.25) is 0 Å². The van der Waals surface area contributed by atoms with E-state index in [1.807, 2.05) is 0 Å². The first kappa shape index (κ1) is 15.9. The normalized spacial score (nSPS) is 13.8. The summed E-state index contributed by atoms with van der Waals surface area (Å²) in [6.45, 7) is 1.08. The van der Waals surface area contributed by atoms with E-state index in [-0.39, 0.29) is 6.03 Å². The summed E-state index contributed by atoms with van der Waals surface area (Å²) >= 11 is 0. The van der Waals surface area contributed by atoms with Gasteiger partial charge >= 0.3 is 6.03 Å². The first-order chi connectivity index (χ1) is 11.5. The van der Waals surface area contributed by atoms with Crippen molar-refractivity contribution in [1.82, 2.24) is 5.32 Å². The Morgan fingerprint density at radius 1 is 1.04 bits per heavy atom. The van der Waals surface area contributed by atoms with Crippen LogP contribution in [0.5, 0.6) is 0 Å². The fraction of sp³-hybridized carbons (Fsp3) is 0.125. The average Bonchev–Trinajstić information content (AvgIpc) is 2.99. The van der Waals surface area contributed by atoms with Crippen LogP contribution in [0.2, 0.25) is 0 Å². The quantitative estimate of drug-likeness (QED) is 0.848. The van der Waals surface area contributed by atoms with E-state index >= 15 is 0 Å². The van der Waals surface area contributed by atoms with Gasteiger partial charge in [-0.2, -0.15) is 0 Å². The molecule has 0 unspecified atom stereocenters. The van der Waals surface area contributed by atoms with Gasteiger partial charge in [0.05, 0.1) is 5.56 Å². The lowest BCUT2D eigenvalue weighted by Crippen LogP contribution is -2.27. The number of rotatable bonds is 3. The van der Waals surface area contributed by atoms with Gasteiger partial charge in [-0.15, -0.1) is 0 Å². The summed E-state index contributed by atoms with van der Waals surface area (Å²) in [5, 5.41) is 5.05. The maximum atomic E-state index is 13.6. The third-order valence-electron chi connectivity index (χ3n) is 3.57. The van der Waals surface area contributed by atoms with E-state index in [0.29, 0.717) is 30.5 Å². The number of amides is 3. The minimum Gasteiger partial charge on any atom is -0.336 e. The Morgan fingerprint density at radius 2 is 1.75 bits per heavy atom. The van der Waals surface area contributed by atoms with Gasteiger partial charge in [-0.05, 0) is 36.4 Å². The molecule has 0 aliphatic carbocycles. The molecule has 1 saturated heterocycles. The molecule has 1 aliphatic rings. The Morgan fingerprint density at radius 3 is 2.38 bits per heavy atom. The third kappa shape index (κ3) is 2.90. The maximum Gasteiger partial charge on any atom is 0.321 e. The molecule has 0 atom stereocenters. The summed E-state index contributed by atoms with van der Waals surface area (Å²) in [7, 11) is 0. The topological polar surface area (TPSA) is 61.4 Å².